The van der Waals surface area contributed by atoms with Crippen LogP contribution in [0.3, 0.4) is 0 Å². The van der Waals surface area contributed by atoms with Gasteiger partial charge in [-0.2, -0.15) is 0 Å². The molecule has 15 heavy (non-hydrogen) atoms. The Hall–Kier alpha value is -0.0500. The Balaban J connectivity index is 2.30. The van der Waals surface area contributed by atoms with Gasteiger partial charge < -0.3 is 0 Å². The van der Waals surface area contributed by atoms with Gasteiger partial charge in [0.15, 0.2) is 9.84 Å². The summed E-state index contributed by atoms with van der Waals surface area (Å²) in [6.45, 7) is 2.15. The van der Waals surface area contributed by atoms with E-state index in [1.807, 2.05) is 0 Å². The molecule has 1 aliphatic carbocycles. The number of hydrogen-bond acceptors (Lipinski definition) is 2. The lowest BCUT2D eigenvalue weighted by atomic mass is 10.0. The quantitative estimate of drug-likeness (QED) is 0.658. The molecule has 0 unspecified atom stereocenters. The molecule has 2 nitrogen and oxygen atoms in total. The summed E-state index contributed by atoms with van der Waals surface area (Å²) in [7, 11) is -2.76. The minimum atomic E-state index is -2.76. The third-order valence-electron chi connectivity index (χ3n) is 3.34. The molecule has 0 aromatic rings. The molecule has 0 aliphatic heterocycles. The lowest BCUT2D eigenvalue weighted by Crippen LogP contribution is -2.26. The second kappa shape index (κ2) is 6.51. The fourth-order valence-electron chi connectivity index (χ4n) is 2.32. The third-order valence-corrected chi connectivity index (χ3v) is 5.69. The molecule has 1 fully saturated rings. The summed E-state index contributed by atoms with van der Waals surface area (Å²) in [4.78, 5) is 0. The fraction of sp³-hybridized carbons (Fsp3) is 1.00. The monoisotopic (exact) mass is 232 g/mol. The van der Waals surface area contributed by atoms with Crippen molar-refractivity contribution in [1.29, 1.82) is 0 Å². The summed E-state index contributed by atoms with van der Waals surface area (Å²) in [5.74, 6) is 0.428. The molecule has 3 heteroatoms. The Morgan fingerprint density at radius 3 is 2.27 bits per heavy atom. The Bertz CT molecular complexity index is 251. The van der Waals surface area contributed by atoms with Crippen LogP contribution in [0.4, 0.5) is 0 Å². The molecule has 0 amide bonds. The van der Waals surface area contributed by atoms with E-state index in [2.05, 4.69) is 6.92 Å². The lowest BCUT2D eigenvalue weighted by molar-refractivity contribution is 0.482. The van der Waals surface area contributed by atoms with Gasteiger partial charge in [-0.1, -0.05) is 45.4 Å². The average molecular weight is 232 g/mol. The zero-order valence-electron chi connectivity index (χ0n) is 9.87. The van der Waals surface area contributed by atoms with Crippen molar-refractivity contribution < 1.29 is 8.42 Å². The SMILES string of the molecule is CCCCCCS(=O)(=O)C1CCCCC1. The van der Waals surface area contributed by atoms with Gasteiger partial charge in [0.05, 0.1) is 11.0 Å². The van der Waals surface area contributed by atoms with Crippen LogP contribution in [0.5, 0.6) is 0 Å². The normalized spacial score (nSPS) is 19.3. The molecule has 0 N–H and O–H groups in total. The van der Waals surface area contributed by atoms with Crippen molar-refractivity contribution in [2.24, 2.45) is 0 Å². The van der Waals surface area contributed by atoms with Crippen LogP contribution in [-0.4, -0.2) is 19.4 Å². The van der Waals surface area contributed by atoms with E-state index in [0.29, 0.717) is 5.75 Å². The van der Waals surface area contributed by atoms with E-state index in [-0.39, 0.29) is 5.25 Å². The van der Waals surface area contributed by atoms with E-state index in [4.69, 9.17) is 0 Å². The molecule has 1 aliphatic rings. The maximum Gasteiger partial charge on any atom is 0.153 e. The van der Waals surface area contributed by atoms with E-state index >= 15 is 0 Å². The van der Waals surface area contributed by atoms with Crippen LogP contribution in [-0.2, 0) is 9.84 Å². The molecular weight excluding hydrogens is 208 g/mol. The Kier molecular flexibility index (Phi) is 5.65. The molecule has 0 spiro atoms. The minimum Gasteiger partial charge on any atom is -0.229 e. The van der Waals surface area contributed by atoms with E-state index < -0.39 is 9.84 Å². The Morgan fingerprint density at radius 1 is 1.00 bits per heavy atom. The minimum absolute atomic E-state index is 0.00660. The van der Waals surface area contributed by atoms with Gasteiger partial charge in [0.1, 0.15) is 0 Å². The van der Waals surface area contributed by atoms with Crippen LogP contribution in [0.2, 0.25) is 0 Å². The molecule has 90 valence electrons. The molecule has 0 heterocycles. The summed E-state index contributed by atoms with van der Waals surface area (Å²) in [5.41, 5.74) is 0. The van der Waals surface area contributed by atoms with E-state index in [1.54, 1.807) is 0 Å². The number of hydrogen-bond donors (Lipinski definition) is 0. The van der Waals surface area contributed by atoms with Crippen molar-refractivity contribution in [3.05, 3.63) is 0 Å². The highest BCUT2D eigenvalue weighted by Gasteiger charge is 2.26. The topological polar surface area (TPSA) is 34.1 Å². The first-order valence-electron chi connectivity index (χ1n) is 6.38. The first-order chi connectivity index (χ1) is 7.17. The molecule has 0 atom stereocenters. The van der Waals surface area contributed by atoms with Gasteiger partial charge in [-0.3, -0.25) is 0 Å². The number of rotatable bonds is 6. The first kappa shape index (κ1) is 13.0. The van der Waals surface area contributed by atoms with Crippen molar-refractivity contribution in [2.75, 3.05) is 5.75 Å². The molecule has 0 aromatic carbocycles. The van der Waals surface area contributed by atoms with Gasteiger partial charge in [0, 0.05) is 0 Å². The predicted molar refractivity (Wildman–Crippen MR) is 64.8 cm³/mol. The van der Waals surface area contributed by atoms with Crippen molar-refractivity contribution >= 4 is 9.84 Å². The highest BCUT2D eigenvalue weighted by atomic mass is 32.2. The molecule has 1 saturated carbocycles. The zero-order valence-corrected chi connectivity index (χ0v) is 10.7. The maximum atomic E-state index is 11.9. The second-order valence-electron chi connectivity index (χ2n) is 4.69. The van der Waals surface area contributed by atoms with Gasteiger partial charge in [-0.05, 0) is 19.3 Å². The molecule has 0 radical (unpaired) electrons. The summed E-state index contributed by atoms with van der Waals surface area (Å²) in [6.07, 6.45) is 9.55. The smallest absolute Gasteiger partial charge is 0.153 e. The van der Waals surface area contributed by atoms with Crippen LogP contribution in [0.1, 0.15) is 64.7 Å². The van der Waals surface area contributed by atoms with Crippen LogP contribution in [0.25, 0.3) is 0 Å². The van der Waals surface area contributed by atoms with Crippen molar-refractivity contribution in [1.82, 2.24) is 0 Å². The summed E-state index contributed by atoms with van der Waals surface area (Å²) in [5, 5.41) is -0.00660. The van der Waals surface area contributed by atoms with E-state index in [1.165, 1.54) is 19.3 Å². The highest BCUT2D eigenvalue weighted by Crippen LogP contribution is 2.24. The Labute approximate surface area is 94.4 Å². The maximum absolute atomic E-state index is 11.9. The molecule has 0 saturated heterocycles. The zero-order chi connectivity index (χ0) is 11.1. The second-order valence-corrected chi connectivity index (χ2v) is 7.09. The molecular formula is C12H24O2S. The van der Waals surface area contributed by atoms with Crippen LogP contribution < -0.4 is 0 Å². The lowest BCUT2D eigenvalue weighted by Gasteiger charge is -2.21. The van der Waals surface area contributed by atoms with Crippen LogP contribution in [0, 0.1) is 0 Å². The molecule has 0 aromatic heterocycles. The van der Waals surface area contributed by atoms with E-state index in [0.717, 1.165) is 38.5 Å². The predicted octanol–water partition coefficient (Wildman–Crippen LogP) is 3.31. The standard InChI is InChI=1S/C12H24O2S/c1-2-3-4-8-11-15(13,14)12-9-6-5-7-10-12/h12H,2-11H2,1H3. The summed E-state index contributed by atoms with van der Waals surface area (Å²) < 4.78 is 23.9. The summed E-state index contributed by atoms with van der Waals surface area (Å²) >= 11 is 0. The average Bonchev–Trinajstić information content (AvgIpc) is 2.26. The van der Waals surface area contributed by atoms with Gasteiger partial charge in [-0.25, -0.2) is 8.42 Å². The van der Waals surface area contributed by atoms with Gasteiger partial charge >= 0.3 is 0 Å². The number of sulfone groups is 1. The third kappa shape index (κ3) is 4.54. The van der Waals surface area contributed by atoms with Gasteiger partial charge in [0.25, 0.3) is 0 Å². The fourth-order valence-corrected chi connectivity index (χ4v) is 4.31. The van der Waals surface area contributed by atoms with Crippen molar-refractivity contribution in [3.63, 3.8) is 0 Å². The number of unbranched alkanes of at least 4 members (excludes halogenated alkanes) is 3. The highest BCUT2D eigenvalue weighted by molar-refractivity contribution is 7.92. The van der Waals surface area contributed by atoms with E-state index in [9.17, 15) is 8.42 Å². The molecule has 1 rings (SSSR count). The van der Waals surface area contributed by atoms with Crippen molar-refractivity contribution in [2.45, 2.75) is 70.0 Å². The Morgan fingerprint density at radius 2 is 1.67 bits per heavy atom. The van der Waals surface area contributed by atoms with Gasteiger partial charge in [-0.15, -0.1) is 0 Å². The van der Waals surface area contributed by atoms with Crippen LogP contribution >= 0.6 is 0 Å². The molecule has 0 bridgehead atoms. The largest absolute Gasteiger partial charge is 0.229 e. The van der Waals surface area contributed by atoms with Gasteiger partial charge in [0.2, 0.25) is 0 Å². The first-order valence-corrected chi connectivity index (χ1v) is 8.10. The van der Waals surface area contributed by atoms with Crippen LogP contribution in [0.15, 0.2) is 0 Å². The van der Waals surface area contributed by atoms with Crippen molar-refractivity contribution in [3.8, 4) is 0 Å². The summed E-state index contributed by atoms with van der Waals surface area (Å²) in [6, 6.07) is 0.